The van der Waals surface area contributed by atoms with E-state index in [4.69, 9.17) is 10.5 Å². The molecular formula is C13H26N2O2. The largest absolute Gasteiger partial charge is 0.384 e. The first-order valence-corrected chi connectivity index (χ1v) is 6.69. The van der Waals surface area contributed by atoms with Gasteiger partial charge in [-0.3, -0.25) is 4.79 Å². The fourth-order valence-corrected chi connectivity index (χ4v) is 2.41. The summed E-state index contributed by atoms with van der Waals surface area (Å²) in [5.74, 6) is 0.843. The fourth-order valence-electron chi connectivity index (χ4n) is 2.41. The van der Waals surface area contributed by atoms with Crippen LogP contribution in [-0.2, 0) is 9.53 Å². The lowest BCUT2D eigenvalue weighted by atomic mass is 9.97. The Morgan fingerprint density at radius 2 is 2.12 bits per heavy atom. The van der Waals surface area contributed by atoms with E-state index in [-0.39, 0.29) is 11.9 Å². The normalized spacial score (nSPS) is 19.4. The molecule has 1 amide bonds. The van der Waals surface area contributed by atoms with Crippen LogP contribution in [0.25, 0.3) is 0 Å². The molecule has 1 rings (SSSR count). The first-order chi connectivity index (χ1) is 8.17. The van der Waals surface area contributed by atoms with Gasteiger partial charge in [-0.2, -0.15) is 0 Å². The molecule has 100 valence electrons. The third-order valence-electron chi connectivity index (χ3n) is 3.47. The number of hydrogen-bond donors (Lipinski definition) is 1. The highest BCUT2D eigenvalue weighted by molar-refractivity contribution is 5.76. The van der Waals surface area contributed by atoms with Gasteiger partial charge in [0.15, 0.2) is 0 Å². The van der Waals surface area contributed by atoms with Crippen molar-refractivity contribution >= 4 is 5.91 Å². The molecule has 2 N–H and O–H groups in total. The Morgan fingerprint density at radius 3 is 2.65 bits per heavy atom. The maximum atomic E-state index is 12.0. The van der Waals surface area contributed by atoms with Crippen LogP contribution in [0.15, 0.2) is 0 Å². The maximum absolute atomic E-state index is 12.0. The van der Waals surface area contributed by atoms with Crippen LogP contribution >= 0.6 is 0 Å². The summed E-state index contributed by atoms with van der Waals surface area (Å²) in [6.07, 6.45) is 4.60. The predicted molar refractivity (Wildman–Crippen MR) is 68.7 cm³/mol. The van der Waals surface area contributed by atoms with E-state index in [1.807, 2.05) is 4.90 Å². The summed E-state index contributed by atoms with van der Waals surface area (Å²) >= 11 is 0. The van der Waals surface area contributed by atoms with E-state index in [1.165, 1.54) is 0 Å². The molecule has 0 aromatic rings. The van der Waals surface area contributed by atoms with Crippen LogP contribution in [-0.4, -0.2) is 43.7 Å². The summed E-state index contributed by atoms with van der Waals surface area (Å²) in [7, 11) is 1.74. The van der Waals surface area contributed by atoms with Gasteiger partial charge in [-0.15, -0.1) is 0 Å². The van der Waals surface area contributed by atoms with Gasteiger partial charge >= 0.3 is 0 Å². The second-order valence-corrected chi connectivity index (χ2v) is 5.03. The molecule has 4 heteroatoms. The number of hydrogen-bond acceptors (Lipinski definition) is 3. The van der Waals surface area contributed by atoms with Crippen LogP contribution in [0.5, 0.6) is 0 Å². The second-order valence-electron chi connectivity index (χ2n) is 5.03. The zero-order valence-corrected chi connectivity index (χ0v) is 11.2. The Hall–Kier alpha value is -0.610. The zero-order valence-electron chi connectivity index (χ0n) is 11.2. The molecule has 0 aliphatic carbocycles. The first kappa shape index (κ1) is 14.5. The average molecular weight is 242 g/mol. The third kappa shape index (κ3) is 5.04. The van der Waals surface area contributed by atoms with Gasteiger partial charge in [0.25, 0.3) is 0 Å². The third-order valence-corrected chi connectivity index (χ3v) is 3.47. The Labute approximate surface area is 104 Å². The van der Waals surface area contributed by atoms with Gasteiger partial charge in [0, 0.05) is 39.3 Å². The van der Waals surface area contributed by atoms with E-state index in [9.17, 15) is 4.79 Å². The molecule has 17 heavy (non-hydrogen) atoms. The van der Waals surface area contributed by atoms with E-state index in [1.54, 1.807) is 7.11 Å². The summed E-state index contributed by atoms with van der Waals surface area (Å²) < 4.78 is 5.15. The molecule has 1 aliphatic heterocycles. The number of carbonyl (C=O) groups excluding carboxylic acids is 1. The van der Waals surface area contributed by atoms with Crippen molar-refractivity contribution < 1.29 is 9.53 Å². The minimum atomic E-state index is 0.0317. The highest BCUT2D eigenvalue weighted by atomic mass is 16.5. The highest BCUT2D eigenvalue weighted by Gasteiger charge is 2.23. The van der Waals surface area contributed by atoms with Gasteiger partial charge in [-0.1, -0.05) is 13.3 Å². The lowest BCUT2D eigenvalue weighted by Crippen LogP contribution is -2.41. The number of amides is 1. The van der Waals surface area contributed by atoms with E-state index in [2.05, 4.69) is 6.92 Å². The van der Waals surface area contributed by atoms with Gasteiger partial charge < -0.3 is 15.4 Å². The Balaban J connectivity index is 2.25. The van der Waals surface area contributed by atoms with Crippen molar-refractivity contribution in [1.82, 2.24) is 4.90 Å². The molecule has 0 aromatic heterocycles. The average Bonchev–Trinajstić information content (AvgIpc) is 2.30. The van der Waals surface area contributed by atoms with Crippen LogP contribution in [0.4, 0.5) is 0 Å². The smallest absolute Gasteiger partial charge is 0.224 e. The van der Waals surface area contributed by atoms with Crippen LogP contribution in [0.3, 0.4) is 0 Å². The molecule has 0 saturated carbocycles. The van der Waals surface area contributed by atoms with Gasteiger partial charge in [0.1, 0.15) is 0 Å². The Kier molecular flexibility index (Phi) is 6.52. The molecule has 0 radical (unpaired) electrons. The minimum Gasteiger partial charge on any atom is -0.384 e. The van der Waals surface area contributed by atoms with Crippen molar-refractivity contribution in [3.05, 3.63) is 0 Å². The molecule has 4 nitrogen and oxygen atoms in total. The molecule has 1 fully saturated rings. The summed E-state index contributed by atoms with van der Waals surface area (Å²) in [6.45, 7) is 4.65. The summed E-state index contributed by atoms with van der Waals surface area (Å²) in [5.41, 5.74) is 5.90. The van der Waals surface area contributed by atoms with Crippen LogP contribution < -0.4 is 5.73 Å². The second kappa shape index (κ2) is 7.67. The molecule has 1 saturated heterocycles. The maximum Gasteiger partial charge on any atom is 0.224 e. The highest BCUT2D eigenvalue weighted by Crippen LogP contribution is 2.18. The molecule has 1 atom stereocenters. The lowest BCUT2D eigenvalue weighted by molar-refractivity contribution is -0.133. The Bertz CT molecular complexity index is 225. The molecule has 1 unspecified atom stereocenters. The van der Waals surface area contributed by atoms with E-state index >= 15 is 0 Å². The summed E-state index contributed by atoms with van der Waals surface area (Å²) in [6, 6.07) is 0.0317. The molecule has 0 bridgehead atoms. The number of likely N-dealkylation sites (tertiary alicyclic amines) is 1. The molecular weight excluding hydrogens is 216 g/mol. The number of piperidine rings is 1. The molecule has 1 heterocycles. The van der Waals surface area contributed by atoms with E-state index < -0.39 is 0 Å². The molecule has 1 aliphatic rings. The van der Waals surface area contributed by atoms with Crippen molar-refractivity contribution in [2.75, 3.05) is 26.8 Å². The standard InChI is InChI=1S/C13H26N2O2/c1-3-4-12(14)9-13(16)15-7-5-11(6-8-15)10-17-2/h11-12H,3-10,14H2,1-2H3. The van der Waals surface area contributed by atoms with Crippen molar-refractivity contribution in [2.45, 2.75) is 45.1 Å². The van der Waals surface area contributed by atoms with Gasteiger partial charge in [-0.05, 0) is 25.2 Å². The van der Waals surface area contributed by atoms with E-state index in [0.29, 0.717) is 12.3 Å². The molecule has 0 aromatic carbocycles. The number of rotatable bonds is 6. The van der Waals surface area contributed by atoms with Crippen LogP contribution in [0.1, 0.15) is 39.0 Å². The molecule has 0 spiro atoms. The van der Waals surface area contributed by atoms with Crippen molar-refractivity contribution in [2.24, 2.45) is 11.7 Å². The van der Waals surface area contributed by atoms with Gasteiger partial charge in [-0.25, -0.2) is 0 Å². The summed E-state index contributed by atoms with van der Waals surface area (Å²) in [5, 5.41) is 0. The summed E-state index contributed by atoms with van der Waals surface area (Å²) in [4.78, 5) is 13.9. The van der Waals surface area contributed by atoms with E-state index in [0.717, 1.165) is 45.4 Å². The topological polar surface area (TPSA) is 55.6 Å². The quantitative estimate of drug-likeness (QED) is 0.765. The van der Waals surface area contributed by atoms with Crippen LogP contribution in [0, 0.1) is 5.92 Å². The number of nitrogens with two attached hydrogens (primary N) is 1. The van der Waals surface area contributed by atoms with Gasteiger partial charge in [0.2, 0.25) is 5.91 Å². The van der Waals surface area contributed by atoms with Gasteiger partial charge in [0.05, 0.1) is 0 Å². The first-order valence-electron chi connectivity index (χ1n) is 6.69. The van der Waals surface area contributed by atoms with Crippen molar-refractivity contribution in [3.8, 4) is 0 Å². The van der Waals surface area contributed by atoms with Crippen molar-refractivity contribution in [3.63, 3.8) is 0 Å². The zero-order chi connectivity index (χ0) is 12.7. The SMILES string of the molecule is CCCC(N)CC(=O)N1CCC(COC)CC1. The van der Waals surface area contributed by atoms with Crippen LogP contribution in [0.2, 0.25) is 0 Å². The monoisotopic (exact) mass is 242 g/mol. The number of ether oxygens (including phenoxy) is 1. The lowest BCUT2D eigenvalue weighted by Gasteiger charge is -2.32. The number of nitrogens with zero attached hydrogens (tertiary/aromatic N) is 1. The minimum absolute atomic E-state index is 0.0317. The fraction of sp³-hybridized carbons (Fsp3) is 0.923. The number of methoxy groups -OCH3 is 1. The Morgan fingerprint density at radius 1 is 1.47 bits per heavy atom. The predicted octanol–water partition coefficient (Wildman–Crippen LogP) is 1.39. The van der Waals surface area contributed by atoms with Crippen molar-refractivity contribution in [1.29, 1.82) is 0 Å². The number of carbonyl (C=O) groups is 1.